The van der Waals surface area contributed by atoms with Crippen molar-refractivity contribution in [1.82, 2.24) is 4.98 Å². The molecule has 6 heteroatoms. The second-order valence-electron chi connectivity index (χ2n) is 3.09. The highest BCUT2D eigenvalue weighted by Crippen LogP contribution is 2.25. The maximum absolute atomic E-state index is 12.1. The minimum atomic E-state index is -3.43. The van der Waals surface area contributed by atoms with Gasteiger partial charge >= 0.3 is 0 Å². The average molecular weight is 254 g/mol. The van der Waals surface area contributed by atoms with Crippen LogP contribution in [0.3, 0.4) is 0 Å². The maximum Gasteiger partial charge on any atom is 0.217 e. The number of aromatic nitrogens is 1. The molecule has 1 heterocycles. The minimum Gasteiger partial charge on any atom is -0.325 e. The zero-order valence-electron chi connectivity index (χ0n) is 8.33. The van der Waals surface area contributed by atoms with Gasteiger partial charge in [0.1, 0.15) is 9.22 Å². The molecule has 84 valence electrons. The fourth-order valence-corrected chi connectivity index (χ4v) is 3.71. The van der Waals surface area contributed by atoms with Crippen molar-refractivity contribution in [2.45, 2.75) is 15.6 Å². The molecule has 2 N–H and O–H groups in total. The highest BCUT2D eigenvalue weighted by atomic mass is 32.2. The van der Waals surface area contributed by atoms with Crippen LogP contribution in [0.15, 0.2) is 45.6 Å². The summed E-state index contributed by atoms with van der Waals surface area (Å²) >= 11 is 1.11. The molecule has 0 aliphatic carbocycles. The molecule has 2 rings (SSSR count). The number of hydrogen-bond acceptors (Lipinski definition) is 5. The first-order valence-electron chi connectivity index (χ1n) is 4.59. The van der Waals surface area contributed by atoms with Crippen molar-refractivity contribution < 1.29 is 8.42 Å². The van der Waals surface area contributed by atoms with Crippen molar-refractivity contribution in [3.05, 3.63) is 41.5 Å². The van der Waals surface area contributed by atoms with Crippen LogP contribution in [0, 0.1) is 0 Å². The Morgan fingerprint density at radius 2 is 1.94 bits per heavy atom. The molecular weight excluding hydrogens is 244 g/mol. The van der Waals surface area contributed by atoms with Crippen LogP contribution in [0.25, 0.3) is 0 Å². The fraction of sp³-hybridized carbons (Fsp3) is 0.100. The van der Waals surface area contributed by atoms with Crippen LogP contribution >= 0.6 is 11.3 Å². The summed E-state index contributed by atoms with van der Waals surface area (Å²) < 4.78 is 24.4. The molecule has 0 unspecified atom stereocenters. The molecule has 0 saturated carbocycles. The number of thiazole rings is 1. The van der Waals surface area contributed by atoms with Crippen LogP contribution in [0.5, 0.6) is 0 Å². The maximum atomic E-state index is 12.1. The van der Waals surface area contributed by atoms with Gasteiger partial charge in [0.05, 0.1) is 11.1 Å². The Bertz CT molecular complexity index is 576. The van der Waals surface area contributed by atoms with Crippen LogP contribution in [-0.4, -0.2) is 13.4 Å². The number of rotatable bonds is 3. The van der Waals surface area contributed by atoms with Crippen molar-refractivity contribution >= 4 is 21.2 Å². The van der Waals surface area contributed by atoms with E-state index < -0.39 is 9.84 Å². The molecule has 0 radical (unpaired) electrons. The Morgan fingerprint density at radius 1 is 1.25 bits per heavy atom. The lowest BCUT2D eigenvalue weighted by atomic mass is 10.4. The zero-order valence-corrected chi connectivity index (χ0v) is 9.96. The third kappa shape index (κ3) is 1.99. The summed E-state index contributed by atoms with van der Waals surface area (Å²) in [5, 5.41) is 0.620. The summed E-state index contributed by atoms with van der Waals surface area (Å²) in [5.74, 6) is 0. The van der Waals surface area contributed by atoms with E-state index in [4.69, 9.17) is 5.73 Å². The first-order valence-corrected chi connectivity index (χ1v) is 6.89. The largest absolute Gasteiger partial charge is 0.325 e. The van der Waals surface area contributed by atoms with Gasteiger partial charge in [-0.1, -0.05) is 18.2 Å². The van der Waals surface area contributed by atoms with E-state index in [2.05, 4.69) is 4.98 Å². The van der Waals surface area contributed by atoms with Gasteiger partial charge in [-0.05, 0) is 12.1 Å². The molecule has 2 aromatic rings. The van der Waals surface area contributed by atoms with Gasteiger partial charge in [0.25, 0.3) is 0 Å². The van der Waals surface area contributed by atoms with E-state index in [1.165, 1.54) is 6.20 Å². The Labute approximate surface area is 97.7 Å². The third-order valence-electron chi connectivity index (χ3n) is 2.03. The van der Waals surface area contributed by atoms with Crippen molar-refractivity contribution in [3.8, 4) is 0 Å². The molecule has 0 saturated heterocycles. The molecule has 0 aliphatic rings. The minimum absolute atomic E-state index is 0.235. The molecule has 0 aliphatic heterocycles. The van der Waals surface area contributed by atoms with Crippen molar-refractivity contribution in [2.24, 2.45) is 5.73 Å². The average Bonchev–Trinajstić information content (AvgIpc) is 2.79. The first kappa shape index (κ1) is 11.3. The molecule has 4 nitrogen and oxygen atoms in total. The van der Waals surface area contributed by atoms with Crippen molar-refractivity contribution in [3.63, 3.8) is 0 Å². The Balaban J connectivity index is 2.47. The lowest BCUT2D eigenvalue weighted by Crippen LogP contribution is -1.98. The van der Waals surface area contributed by atoms with Gasteiger partial charge in [-0.25, -0.2) is 13.4 Å². The van der Waals surface area contributed by atoms with Crippen molar-refractivity contribution in [2.75, 3.05) is 0 Å². The molecule has 0 spiro atoms. The molecule has 1 aromatic carbocycles. The van der Waals surface area contributed by atoms with E-state index >= 15 is 0 Å². The number of nitrogens with two attached hydrogens (primary N) is 1. The lowest BCUT2D eigenvalue weighted by molar-refractivity contribution is 0.598. The number of hydrogen-bond donors (Lipinski definition) is 1. The number of sulfone groups is 1. The molecular formula is C10H10N2O2S2. The van der Waals surface area contributed by atoms with Crippen LogP contribution in [-0.2, 0) is 16.4 Å². The standard InChI is InChI=1S/C10H10N2O2S2/c11-6-9-12-7-10(15-9)16(13,14)8-4-2-1-3-5-8/h1-5,7H,6,11H2. The predicted molar refractivity (Wildman–Crippen MR) is 61.9 cm³/mol. The second-order valence-corrected chi connectivity index (χ2v) is 6.39. The van der Waals surface area contributed by atoms with E-state index in [-0.39, 0.29) is 15.6 Å². The van der Waals surface area contributed by atoms with E-state index in [9.17, 15) is 8.42 Å². The number of benzene rings is 1. The van der Waals surface area contributed by atoms with E-state index in [1.807, 2.05) is 0 Å². The first-order chi connectivity index (χ1) is 7.64. The van der Waals surface area contributed by atoms with Gasteiger partial charge < -0.3 is 5.73 Å². The third-order valence-corrected chi connectivity index (χ3v) is 5.28. The summed E-state index contributed by atoms with van der Waals surface area (Å²) in [4.78, 5) is 4.22. The normalized spacial score (nSPS) is 11.6. The molecule has 1 aromatic heterocycles. The summed E-state index contributed by atoms with van der Waals surface area (Å²) in [6, 6.07) is 8.29. The second kappa shape index (κ2) is 4.32. The SMILES string of the molecule is NCc1ncc(S(=O)(=O)c2ccccc2)s1. The highest BCUT2D eigenvalue weighted by molar-refractivity contribution is 7.93. The van der Waals surface area contributed by atoms with E-state index in [0.717, 1.165) is 11.3 Å². The van der Waals surface area contributed by atoms with Gasteiger partial charge in [0.15, 0.2) is 0 Å². The quantitative estimate of drug-likeness (QED) is 0.899. The highest BCUT2D eigenvalue weighted by Gasteiger charge is 2.19. The van der Waals surface area contributed by atoms with Gasteiger partial charge in [-0.2, -0.15) is 0 Å². The van der Waals surface area contributed by atoms with Crippen LogP contribution in [0.4, 0.5) is 0 Å². The summed E-state index contributed by atoms with van der Waals surface area (Å²) in [6.07, 6.45) is 1.36. The van der Waals surface area contributed by atoms with E-state index in [1.54, 1.807) is 30.3 Å². The van der Waals surface area contributed by atoms with Gasteiger partial charge in [-0.15, -0.1) is 11.3 Å². The molecule has 16 heavy (non-hydrogen) atoms. The predicted octanol–water partition coefficient (Wildman–Crippen LogP) is 1.43. The van der Waals surface area contributed by atoms with Crippen molar-refractivity contribution in [1.29, 1.82) is 0 Å². The Morgan fingerprint density at radius 3 is 2.50 bits per heavy atom. The van der Waals surface area contributed by atoms with Crippen LogP contribution in [0.2, 0.25) is 0 Å². The van der Waals surface area contributed by atoms with Gasteiger partial charge in [-0.3, -0.25) is 0 Å². The molecule has 0 atom stereocenters. The summed E-state index contributed by atoms with van der Waals surface area (Å²) in [5.41, 5.74) is 5.40. The van der Waals surface area contributed by atoms with Crippen LogP contribution < -0.4 is 5.73 Å². The Hall–Kier alpha value is -1.24. The Kier molecular flexibility index (Phi) is 3.04. The van der Waals surface area contributed by atoms with Crippen LogP contribution in [0.1, 0.15) is 5.01 Å². The summed E-state index contributed by atoms with van der Waals surface area (Å²) in [7, 11) is -3.43. The monoisotopic (exact) mass is 254 g/mol. The molecule has 0 fully saturated rings. The van der Waals surface area contributed by atoms with Gasteiger partial charge in [0, 0.05) is 6.54 Å². The summed E-state index contributed by atoms with van der Waals surface area (Å²) in [6.45, 7) is 0.259. The lowest BCUT2D eigenvalue weighted by Gasteiger charge is -1.99. The van der Waals surface area contributed by atoms with E-state index in [0.29, 0.717) is 5.01 Å². The van der Waals surface area contributed by atoms with Gasteiger partial charge in [0.2, 0.25) is 9.84 Å². The fourth-order valence-electron chi connectivity index (χ4n) is 1.23. The zero-order chi connectivity index (χ0) is 11.6. The topological polar surface area (TPSA) is 73.0 Å². The molecule has 0 bridgehead atoms. The smallest absolute Gasteiger partial charge is 0.217 e. The molecule has 0 amide bonds. The number of nitrogens with zero attached hydrogens (tertiary/aromatic N) is 1.